The van der Waals surface area contributed by atoms with Crippen molar-refractivity contribution in [2.75, 3.05) is 13.2 Å². The van der Waals surface area contributed by atoms with E-state index in [1.807, 2.05) is 0 Å². The van der Waals surface area contributed by atoms with E-state index in [0.29, 0.717) is 17.2 Å². The van der Waals surface area contributed by atoms with Crippen LogP contribution in [0.1, 0.15) is 15.9 Å². The monoisotopic (exact) mass is 211 g/mol. The maximum Gasteiger partial charge on any atom is 0.178 e. The number of Topliss-reactive ketones (excluding diaryl/α,β-unsaturated/α-hetero) is 1. The molecule has 74 valence electrons. The molecular weight excluding hydrogens is 202 g/mol. The van der Waals surface area contributed by atoms with Crippen LogP contribution in [0.3, 0.4) is 0 Å². The molecule has 0 aliphatic carbocycles. The van der Waals surface area contributed by atoms with Crippen LogP contribution >= 0.6 is 11.6 Å². The Bertz CT molecular complexity index is 390. The van der Waals surface area contributed by atoms with Crippen LogP contribution in [0.2, 0.25) is 5.02 Å². The van der Waals surface area contributed by atoms with Crippen molar-refractivity contribution in [3.05, 3.63) is 28.3 Å². The molecule has 1 aromatic carbocycles. The first-order valence-corrected chi connectivity index (χ1v) is 4.79. The average Bonchev–Trinajstić information content (AvgIpc) is 2.64. The Kier molecular flexibility index (Phi) is 2.44. The fourth-order valence-electron chi connectivity index (χ4n) is 1.65. The summed E-state index contributed by atoms with van der Waals surface area (Å²) in [6.07, 6.45) is 0.733. The van der Waals surface area contributed by atoms with Crippen molar-refractivity contribution >= 4 is 17.4 Å². The Morgan fingerprint density at radius 1 is 1.57 bits per heavy atom. The average molecular weight is 212 g/mol. The summed E-state index contributed by atoms with van der Waals surface area (Å²) in [6.45, 7) is 0.594. The number of hydrogen-bond acceptors (Lipinski definition) is 3. The second-order valence-corrected chi connectivity index (χ2v) is 3.53. The molecule has 1 aliphatic heterocycles. The van der Waals surface area contributed by atoms with Gasteiger partial charge in [-0.25, -0.2) is 0 Å². The van der Waals surface area contributed by atoms with Crippen LogP contribution < -0.4 is 10.5 Å². The van der Waals surface area contributed by atoms with Gasteiger partial charge in [0.25, 0.3) is 0 Å². The van der Waals surface area contributed by atoms with E-state index in [1.54, 1.807) is 12.1 Å². The predicted octanol–water partition coefficient (Wildman–Crippen LogP) is 1.42. The largest absolute Gasteiger partial charge is 0.493 e. The summed E-state index contributed by atoms with van der Waals surface area (Å²) >= 11 is 5.95. The molecule has 0 unspecified atom stereocenters. The lowest BCUT2D eigenvalue weighted by molar-refractivity contribution is 0.100. The molecule has 0 aromatic heterocycles. The molecule has 0 amide bonds. The summed E-state index contributed by atoms with van der Waals surface area (Å²) < 4.78 is 5.34. The third-order valence-corrected chi connectivity index (χ3v) is 2.61. The third-order valence-electron chi connectivity index (χ3n) is 2.29. The van der Waals surface area contributed by atoms with Gasteiger partial charge in [-0.15, -0.1) is 0 Å². The number of hydrogen-bond donors (Lipinski definition) is 1. The van der Waals surface area contributed by atoms with E-state index in [-0.39, 0.29) is 12.3 Å². The molecule has 0 fully saturated rings. The standard InChI is InChI=1S/C10H10ClNO2/c11-7-1-2-9-6(3-4-14-9)10(7)8(13)5-12/h1-2H,3-5,12H2. The highest BCUT2D eigenvalue weighted by Gasteiger charge is 2.22. The van der Waals surface area contributed by atoms with E-state index in [0.717, 1.165) is 17.7 Å². The Morgan fingerprint density at radius 2 is 2.36 bits per heavy atom. The van der Waals surface area contributed by atoms with Crippen molar-refractivity contribution in [3.8, 4) is 5.75 Å². The fourth-order valence-corrected chi connectivity index (χ4v) is 1.93. The highest BCUT2D eigenvalue weighted by molar-refractivity contribution is 6.34. The highest BCUT2D eigenvalue weighted by Crippen LogP contribution is 2.33. The zero-order valence-corrected chi connectivity index (χ0v) is 8.30. The number of ether oxygens (including phenoxy) is 1. The van der Waals surface area contributed by atoms with Gasteiger partial charge in [0.1, 0.15) is 5.75 Å². The molecule has 14 heavy (non-hydrogen) atoms. The van der Waals surface area contributed by atoms with E-state index >= 15 is 0 Å². The Labute approximate surface area is 86.8 Å². The van der Waals surface area contributed by atoms with Crippen LogP contribution in [0.5, 0.6) is 5.75 Å². The van der Waals surface area contributed by atoms with E-state index in [1.165, 1.54) is 0 Å². The summed E-state index contributed by atoms with van der Waals surface area (Å²) in [4.78, 5) is 11.5. The number of carbonyl (C=O) groups is 1. The minimum Gasteiger partial charge on any atom is -0.493 e. The maximum atomic E-state index is 11.5. The first kappa shape index (κ1) is 9.49. The highest BCUT2D eigenvalue weighted by atomic mass is 35.5. The minimum absolute atomic E-state index is 0.0177. The first-order valence-electron chi connectivity index (χ1n) is 4.41. The summed E-state index contributed by atoms with van der Waals surface area (Å²) in [6, 6.07) is 3.46. The third kappa shape index (κ3) is 1.38. The van der Waals surface area contributed by atoms with Gasteiger partial charge in [0.05, 0.1) is 18.2 Å². The number of ketones is 1. The van der Waals surface area contributed by atoms with Crippen molar-refractivity contribution in [2.24, 2.45) is 5.73 Å². The number of benzene rings is 1. The summed E-state index contributed by atoms with van der Waals surface area (Å²) in [5, 5.41) is 0.463. The second-order valence-electron chi connectivity index (χ2n) is 3.12. The van der Waals surface area contributed by atoms with Gasteiger partial charge in [-0.2, -0.15) is 0 Å². The van der Waals surface area contributed by atoms with Crippen molar-refractivity contribution < 1.29 is 9.53 Å². The van der Waals surface area contributed by atoms with Crippen LogP contribution in [0, 0.1) is 0 Å². The maximum absolute atomic E-state index is 11.5. The zero-order chi connectivity index (χ0) is 10.1. The van der Waals surface area contributed by atoms with Gasteiger partial charge in [0.2, 0.25) is 0 Å². The Morgan fingerprint density at radius 3 is 3.07 bits per heavy atom. The van der Waals surface area contributed by atoms with Gasteiger partial charge in [0, 0.05) is 17.5 Å². The van der Waals surface area contributed by atoms with E-state index in [4.69, 9.17) is 22.1 Å². The lowest BCUT2D eigenvalue weighted by Gasteiger charge is -2.06. The van der Waals surface area contributed by atoms with Gasteiger partial charge in [-0.3, -0.25) is 4.79 Å². The lowest BCUT2D eigenvalue weighted by atomic mass is 10.0. The Balaban J connectivity index is 2.57. The predicted molar refractivity (Wildman–Crippen MR) is 54.0 cm³/mol. The number of carbonyl (C=O) groups excluding carboxylic acids is 1. The van der Waals surface area contributed by atoms with Gasteiger partial charge < -0.3 is 10.5 Å². The van der Waals surface area contributed by atoms with Crippen LogP contribution in [0.25, 0.3) is 0 Å². The van der Waals surface area contributed by atoms with Gasteiger partial charge in [-0.05, 0) is 12.1 Å². The zero-order valence-electron chi connectivity index (χ0n) is 7.55. The Hall–Kier alpha value is -1.06. The van der Waals surface area contributed by atoms with Crippen LogP contribution in [-0.2, 0) is 6.42 Å². The lowest BCUT2D eigenvalue weighted by Crippen LogP contribution is -2.15. The van der Waals surface area contributed by atoms with E-state index < -0.39 is 0 Å². The molecule has 0 saturated heterocycles. The molecule has 4 heteroatoms. The number of rotatable bonds is 2. The molecule has 1 aliphatic rings. The molecule has 0 spiro atoms. The van der Waals surface area contributed by atoms with Gasteiger partial charge >= 0.3 is 0 Å². The molecular formula is C10H10ClNO2. The summed E-state index contributed by atoms with van der Waals surface area (Å²) in [5.41, 5.74) is 6.75. The van der Waals surface area contributed by atoms with Crippen molar-refractivity contribution in [1.82, 2.24) is 0 Å². The minimum atomic E-state index is -0.127. The van der Waals surface area contributed by atoms with Gasteiger partial charge in [0.15, 0.2) is 5.78 Å². The van der Waals surface area contributed by atoms with E-state index in [9.17, 15) is 4.79 Å². The van der Waals surface area contributed by atoms with E-state index in [2.05, 4.69) is 0 Å². The molecule has 1 heterocycles. The molecule has 1 aromatic rings. The first-order chi connectivity index (χ1) is 6.74. The number of nitrogens with two attached hydrogens (primary N) is 1. The van der Waals surface area contributed by atoms with Gasteiger partial charge in [-0.1, -0.05) is 11.6 Å². The smallest absolute Gasteiger partial charge is 0.178 e. The molecule has 0 radical (unpaired) electrons. The van der Waals surface area contributed by atoms with Crippen LogP contribution in [0.4, 0.5) is 0 Å². The number of fused-ring (bicyclic) bond motifs is 1. The topological polar surface area (TPSA) is 52.3 Å². The summed E-state index contributed by atoms with van der Waals surface area (Å²) in [5.74, 6) is 0.628. The quantitative estimate of drug-likeness (QED) is 0.753. The molecule has 0 atom stereocenters. The fraction of sp³-hybridized carbons (Fsp3) is 0.300. The molecule has 2 rings (SSSR count). The van der Waals surface area contributed by atoms with Crippen LogP contribution in [0.15, 0.2) is 12.1 Å². The van der Waals surface area contributed by atoms with Crippen molar-refractivity contribution in [2.45, 2.75) is 6.42 Å². The molecule has 3 nitrogen and oxygen atoms in total. The van der Waals surface area contributed by atoms with Crippen molar-refractivity contribution in [1.29, 1.82) is 0 Å². The molecule has 2 N–H and O–H groups in total. The summed E-state index contributed by atoms with van der Waals surface area (Å²) in [7, 11) is 0. The molecule has 0 bridgehead atoms. The molecule has 0 saturated carbocycles. The normalized spacial score (nSPS) is 13.6. The second kappa shape index (κ2) is 3.59. The van der Waals surface area contributed by atoms with Crippen LogP contribution in [-0.4, -0.2) is 18.9 Å². The SMILES string of the molecule is NCC(=O)c1c(Cl)ccc2c1CCO2. The number of halogens is 1. The van der Waals surface area contributed by atoms with Crippen molar-refractivity contribution in [3.63, 3.8) is 0 Å².